The summed E-state index contributed by atoms with van der Waals surface area (Å²) >= 11 is 2.18. The van der Waals surface area contributed by atoms with Crippen LogP contribution in [0.4, 0.5) is 0 Å². The van der Waals surface area contributed by atoms with E-state index in [1.807, 2.05) is 23.1 Å². The molecule has 1 aromatic carbocycles. The Bertz CT molecular complexity index is 470. The summed E-state index contributed by atoms with van der Waals surface area (Å²) in [6.45, 7) is 1.35. The van der Waals surface area contributed by atoms with E-state index < -0.39 is 0 Å². The number of ether oxygens (including phenoxy) is 1. The van der Waals surface area contributed by atoms with Crippen LogP contribution in [0.15, 0.2) is 18.2 Å². The lowest BCUT2D eigenvalue weighted by Gasteiger charge is -2.35. The average Bonchev–Trinajstić information content (AvgIpc) is 2.46. The van der Waals surface area contributed by atoms with Crippen molar-refractivity contribution in [3.05, 3.63) is 27.3 Å². The lowest BCUT2D eigenvalue weighted by molar-refractivity contribution is 0.0622. The maximum absolute atomic E-state index is 12.6. The summed E-state index contributed by atoms with van der Waals surface area (Å²) in [5, 5.41) is 0. The largest absolute Gasteiger partial charge is 0.497 e. The highest BCUT2D eigenvalue weighted by molar-refractivity contribution is 14.1. The highest BCUT2D eigenvalue weighted by Gasteiger charge is 2.27. The van der Waals surface area contributed by atoms with Crippen LogP contribution in [-0.2, 0) is 0 Å². The fourth-order valence-electron chi connectivity index (χ4n) is 2.46. The zero-order valence-electron chi connectivity index (χ0n) is 11.5. The molecule has 4 nitrogen and oxygen atoms in total. The number of amides is 1. The van der Waals surface area contributed by atoms with Gasteiger partial charge in [-0.1, -0.05) is 0 Å². The molecule has 0 aliphatic carbocycles. The van der Waals surface area contributed by atoms with Gasteiger partial charge >= 0.3 is 0 Å². The van der Waals surface area contributed by atoms with E-state index in [9.17, 15) is 4.79 Å². The van der Waals surface area contributed by atoms with Crippen molar-refractivity contribution < 1.29 is 9.53 Å². The molecule has 6 heteroatoms. The number of halogens is 2. The molecule has 1 heterocycles. The minimum atomic E-state index is 0. The van der Waals surface area contributed by atoms with Crippen molar-refractivity contribution in [1.82, 2.24) is 4.90 Å². The molecule has 0 saturated carbocycles. The smallest absolute Gasteiger partial charge is 0.255 e. The minimum absolute atomic E-state index is 0. The van der Waals surface area contributed by atoms with Crippen molar-refractivity contribution in [2.75, 3.05) is 20.2 Å². The van der Waals surface area contributed by atoms with Crippen LogP contribution in [-0.4, -0.2) is 37.0 Å². The van der Waals surface area contributed by atoms with Crippen LogP contribution in [0, 0.1) is 3.57 Å². The molecule has 0 radical (unpaired) electrons. The van der Waals surface area contributed by atoms with E-state index in [-0.39, 0.29) is 24.4 Å². The standard InChI is InChI=1S/C14H19IN2O2.ClH/c1-19-11-5-6-12(13(15)8-11)14(18)17-7-3-2-4-10(17)9-16;/h5-6,8,10H,2-4,7,9,16H2,1H3;1H. The van der Waals surface area contributed by atoms with E-state index in [1.54, 1.807) is 7.11 Å². The molecule has 1 saturated heterocycles. The van der Waals surface area contributed by atoms with Gasteiger partial charge in [0.05, 0.1) is 12.7 Å². The van der Waals surface area contributed by atoms with E-state index in [4.69, 9.17) is 10.5 Å². The average molecular weight is 411 g/mol. The first kappa shape index (κ1) is 17.5. The maximum atomic E-state index is 12.6. The van der Waals surface area contributed by atoms with Gasteiger partial charge in [0.25, 0.3) is 5.91 Å². The fourth-order valence-corrected chi connectivity index (χ4v) is 3.18. The third kappa shape index (κ3) is 3.77. The number of piperidine rings is 1. The van der Waals surface area contributed by atoms with Gasteiger partial charge in [0.1, 0.15) is 5.75 Å². The quantitative estimate of drug-likeness (QED) is 0.780. The monoisotopic (exact) mass is 410 g/mol. The van der Waals surface area contributed by atoms with Gasteiger partial charge in [-0.25, -0.2) is 0 Å². The van der Waals surface area contributed by atoms with Crippen LogP contribution in [0.1, 0.15) is 29.6 Å². The molecule has 1 amide bonds. The third-order valence-electron chi connectivity index (χ3n) is 3.57. The van der Waals surface area contributed by atoms with Crippen LogP contribution in [0.3, 0.4) is 0 Å². The lowest BCUT2D eigenvalue weighted by atomic mass is 10.0. The molecule has 1 unspecified atom stereocenters. The summed E-state index contributed by atoms with van der Waals surface area (Å²) in [5.74, 6) is 0.858. The molecule has 2 N–H and O–H groups in total. The Morgan fingerprint density at radius 3 is 2.85 bits per heavy atom. The normalized spacial score (nSPS) is 18.4. The molecule has 1 aliphatic heterocycles. The second-order valence-electron chi connectivity index (χ2n) is 4.73. The Morgan fingerprint density at radius 1 is 1.50 bits per heavy atom. The van der Waals surface area contributed by atoms with Crippen LogP contribution in [0.5, 0.6) is 5.75 Å². The van der Waals surface area contributed by atoms with Crippen LogP contribution < -0.4 is 10.5 Å². The van der Waals surface area contributed by atoms with Crippen molar-refractivity contribution in [2.45, 2.75) is 25.3 Å². The molecule has 0 bridgehead atoms. The Labute approximate surface area is 139 Å². The first-order chi connectivity index (χ1) is 9.17. The number of hydrogen-bond acceptors (Lipinski definition) is 3. The molecule has 1 fully saturated rings. The molecule has 0 spiro atoms. The molecule has 1 aliphatic rings. The summed E-state index contributed by atoms with van der Waals surface area (Å²) in [5.41, 5.74) is 6.52. The fraction of sp³-hybridized carbons (Fsp3) is 0.500. The van der Waals surface area contributed by atoms with Gasteiger partial charge in [0, 0.05) is 22.7 Å². The summed E-state index contributed by atoms with van der Waals surface area (Å²) in [4.78, 5) is 14.5. The van der Waals surface area contributed by atoms with E-state index >= 15 is 0 Å². The van der Waals surface area contributed by atoms with Gasteiger partial charge in [-0.2, -0.15) is 0 Å². The van der Waals surface area contributed by atoms with Gasteiger partial charge in [-0.3, -0.25) is 4.79 Å². The van der Waals surface area contributed by atoms with E-state index in [0.29, 0.717) is 6.54 Å². The number of nitrogens with zero attached hydrogens (tertiary/aromatic N) is 1. The number of benzene rings is 1. The second-order valence-corrected chi connectivity index (χ2v) is 5.89. The van der Waals surface area contributed by atoms with Crippen molar-refractivity contribution in [3.63, 3.8) is 0 Å². The molecule has 20 heavy (non-hydrogen) atoms. The highest BCUT2D eigenvalue weighted by Crippen LogP contribution is 2.24. The number of nitrogens with two attached hydrogens (primary N) is 1. The third-order valence-corrected chi connectivity index (χ3v) is 4.46. The zero-order chi connectivity index (χ0) is 13.8. The first-order valence-electron chi connectivity index (χ1n) is 6.52. The molecular formula is C14H20ClIN2O2. The van der Waals surface area contributed by atoms with Gasteiger partial charge < -0.3 is 15.4 Å². The summed E-state index contributed by atoms with van der Waals surface area (Å²) in [6.07, 6.45) is 3.23. The number of carbonyl (C=O) groups excluding carboxylic acids is 1. The van der Waals surface area contributed by atoms with E-state index in [0.717, 1.165) is 40.7 Å². The van der Waals surface area contributed by atoms with Crippen LogP contribution in [0.25, 0.3) is 0 Å². The number of likely N-dealkylation sites (tertiary alicyclic amines) is 1. The molecule has 2 rings (SSSR count). The van der Waals surface area contributed by atoms with Crippen molar-refractivity contribution in [2.24, 2.45) is 5.73 Å². The Kier molecular flexibility index (Phi) is 7.05. The molecule has 1 atom stereocenters. The lowest BCUT2D eigenvalue weighted by Crippen LogP contribution is -2.47. The Balaban J connectivity index is 0.00000200. The highest BCUT2D eigenvalue weighted by atomic mass is 127. The predicted molar refractivity (Wildman–Crippen MR) is 90.7 cm³/mol. The van der Waals surface area contributed by atoms with Crippen molar-refractivity contribution >= 4 is 40.9 Å². The number of rotatable bonds is 3. The van der Waals surface area contributed by atoms with Gasteiger partial charge in [-0.05, 0) is 60.1 Å². The van der Waals surface area contributed by atoms with Crippen molar-refractivity contribution in [1.29, 1.82) is 0 Å². The Hall–Kier alpha value is -0.530. The number of hydrogen-bond donors (Lipinski definition) is 1. The van der Waals surface area contributed by atoms with Crippen LogP contribution in [0.2, 0.25) is 0 Å². The van der Waals surface area contributed by atoms with Crippen LogP contribution >= 0.6 is 35.0 Å². The van der Waals surface area contributed by atoms with Gasteiger partial charge in [0.2, 0.25) is 0 Å². The Morgan fingerprint density at radius 2 is 2.25 bits per heavy atom. The van der Waals surface area contributed by atoms with Gasteiger partial charge in [-0.15, -0.1) is 12.4 Å². The van der Waals surface area contributed by atoms with E-state index in [2.05, 4.69) is 22.6 Å². The minimum Gasteiger partial charge on any atom is -0.497 e. The number of carbonyl (C=O) groups is 1. The molecule has 112 valence electrons. The molecule has 1 aromatic rings. The maximum Gasteiger partial charge on any atom is 0.255 e. The second kappa shape index (κ2) is 8.05. The summed E-state index contributed by atoms with van der Waals surface area (Å²) < 4.78 is 6.09. The summed E-state index contributed by atoms with van der Waals surface area (Å²) in [6, 6.07) is 5.73. The van der Waals surface area contributed by atoms with E-state index in [1.165, 1.54) is 0 Å². The van der Waals surface area contributed by atoms with Crippen molar-refractivity contribution in [3.8, 4) is 5.75 Å². The summed E-state index contributed by atoms with van der Waals surface area (Å²) in [7, 11) is 1.63. The predicted octanol–water partition coefficient (Wildman–Crippen LogP) is 2.68. The first-order valence-corrected chi connectivity index (χ1v) is 7.60. The SMILES string of the molecule is COc1ccc(C(=O)N2CCCCC2CN)c(I)c1.Cl. The molecular weight excluding hydrogens is 391 g/mol. The number of methoxy groups -OCH3 is 1. The van der Waals surface area contributed by atoms with Gasteiger partial charge in [0.15, 0.2) is 0 Å². The molecule has 0 aromatic heterocycles. The zero-order valence-corrected chi connectivity index (χ0v) is 14.4. The topological polar surface area (TPSA) is 55.6 Å².